The van der Waals surface area contributed by atoms with Crippen molar-refractivity contribution in [3.63, 3.8) is 0 Å². The smallest absolute Gasteiger partial charge is 0.0661 e. The Labute approximate surface area is 79.1 Å². The molecule has 0 aromatic carbocycles. The van der Waals surface area contributed by atoms with Gasteiger partial charge in [-0.1, -0.05) is 5.92 Å². The van der Waals surface area contributed by atoms with Gasteiger partial charge < -0.3 is 0 Å². The van der Waals surface area contributed by atoms with Crippen LogP contribution in [-0.4, -0.2) is 15.8 Å². The molecule has 0 aliphatic carbocycles. The second-order valence-electron chi connectivity index (χ2n) is 3.17. The van der Waals surface area contributed by atoms with Crippen molar-refractivity contribution in [3.8, 4) is 12.3 Å². The zero-order valence-electron chi connectivity index (χ0n) is 8.33. The molecule has 1 rings (SSSR count). The number of aromatic nitrogens is 2. The maximum Gasteiger partial charge on any atom is 0.0661 e. The summed E-state index contributed by atoms with van der Waals surface area (Å²) >= 11 is 0. The molecule has 13 heavy (non-hydrogen) atoms. The van der Waals surface area contributed by atoms with E-state index in [0.29, 0.717) is 0 Å². The minimum absolute atomic E-state index is 0.106. The molecule has 3 heteroatoms. The lowest BCUT2D eigenvalue weighted by Crippen LogP contribution is -2.25. The molecule has 1 aromatic heterocycles. The highest BCUT2D eigenvalue weighted by Crippen LogP contribution is 2.04. The Morgan fingerprint density at radius 2 is 2.46 bits per heavy atom. The van der Waals surface area contributed by atoms with Crippen LogP contribution in [0.3, 0.4) is 0 Å². The van der Waals surface area contributed by atoms with Crippen LogP contribution >= 0.6 is 0 Å². The van der Waals surface area contributed by atoms with E-state index in [2.05, 4.69) is 16.3 Å². The van der Waals surface area contributed by atoms with Crippen LogP contribution in [0.15, 0.2) is 6.20 Å². The van der Waals surface area contributed by atoms with E-state index in [4.69, 9.17) is 6.42 Å². The van der Waals surface area contributed by atoms with Gasteiger partial charge in [-0.2, -0.15) is 5.10 Å². The number of nitrogens with zero attached hydrogens (tertiary/aromatic N) is 2. The molecular weight excluding hydrogens is 162 g/mol. The number of hydrogen-bond acceptors (Lipinski definition) is 2. The van der Waals surface area contributed by atoms with Gasteiger partial charge in [-0.05, 0) is 19.4 Å². The van der Waals surface area contributed by atoms with Crippen LogP contribution in [-0.2, 0) is 13.6 Å². The molecule has 70 valence electrons. The van der Waals surface area contributed by atoms with Crippen LogP contribution in [0.2, 0.25) is 0 Å². The average molecular weight is 177 g/mol. The monoisotopic (exact) mass is 177 g/mol. The zero-order chi connectivity index (χ0) is 9.84. The van der Waals surface area contributed by atoms with E-state index in [-0.39, 0.29) is 6.04 Å². The number of hydrogen-bond donors (Lipinski definition) is 1. The Hall–Kier alpha value is -1.27. The second kappa shape index (κ2) is 4.11. The van der Waals surface area contributed by atoms with E-state index in [1.807, 2.05) is 31.8 Å². The zero-order valence-corrected chi connectivity index (χ0v) is 8.33. The summed E-state index contributed by atoms with van der Waals surface area (Å²) in [5, 5.41) is 7.36. The lowest BCUT2D eigenvalue weighted by atomic mass is 10.2. The summed E-state index contributed by atoms with van der Waals surface area (Å²) in [7, 11) is 1.94. The van der Waals surface area contributed by atoms with Crippen molar-refractivity contribution in [1.82, 2.24) is 15.1 Å². The van der Waals surface area contributed by atoms with Gasteiger partial charge in [0.25, 0.3) is 0 Å². The van der Waals surface area contributed by atoms with Crippen LogP contribution in [0.1, 0.15) is 18.2 Å². The van der Waals surface area contributed by atoms with E-state index in [0.717, 1.165) is 6.54 Å². The van der Waals surface area contributed by atoms with E-state index < -0.39 is 0 Å². The fourth-order valence-electron chi connectivity index (χ4n) is 1.14. The van der Waals surface area contributed by atoms with E-state index in [9.17, 15) is 0 Å². The Bertz CT molecular complexity index is 300. The van der Waals surface area contributed by atoms with Crippen molar-refractivity contribution in [2.24, 2.45) is 7.05 Å². The van der Waals surface area contributed by atoms with Gasteiger partial charge in [-0.25, -0.2) is 0 Å². The SMILES string of the molecule is C#CC(C)NCc1c(C)cnn1C. The van der Waals surface area contributed by atoms with Gasteiger partial charge in [0, 0.05) is 13.6 Å². The molecule has 0 saturated heterocycles. The molecule has 0 aliphatic rings. The molecule has 1 N–H and O–H groups in total. The summed E-state index contributed by atoms with van der Waals surface area (Å²) in [6, 6.07) is 0.106. The maximum absolute atomic E-state index is 5.25. The van der Waals surface area contributed by atoms with E-state index in [1.165, 1.54) is 11.3 Å². The van der Waals surface area contributed by atoms with Crippen molar-refractivity contribution in [2.75, 3.05) is 0 Å². The van der Waals surface area contributed by atoms with Crippen molar-refractivity contribution in [2.45, 2.75) is 26.4 Å². The molecule has 0 amide bonds. The molecule has 0 bridgehead atoms. The first kappa shape index (κ1) is 9.82. The normalized spacial score (nSPS) is 12.5. The molecule has 1 heterocycles. The third-order valence-electron chi connectivity index (χ3n) is 2.10. The van der Waals surface area contributed by atoms with Crippen LogP contribution in [0, 0.1) is 19.3 Å². The number of aryl methyl sites for hydroxylation is 2. The third-order valence-corrected chi connectivity index (χ3v) is 2.10. The first-order valence-corrected chi connectivity index (χ1v) is 4.32. The molecule has 0 saturated carbocycles. The summed E-state index contributed by atoms with van der Waals surface area (Å²) < 4.78 is 1.87. The standard InChI is InChI=1S/C10H15N3/c1-5-9(3)11-7-10-8(2)6-12-13(10)4/h1,6,9,11H,7H2,2-4H3. The largest absolute Gasteiger partial charge is 0.298 e. The number of terminal acetylenes is 1. The molecule has 1 unspecified atom stereocenters. The topological polar surface area (TPSA) is 29.9 Å². The predicted molar refractivity (Wildman–Crippen MR) is 53.1 cm³/mol. The van der Waals surface area contributed by atoms with Crippen LogP contribution in [0.25, 0.3) is 0 Å². The molecule has 0 fully saturated rings. The van der Waals surface area contributed by atoms with Crippen molar-refractivity contribution >= 4 is 0 Å². The van der Waals surface area contributed by atoms with Crippen molar-refractivity contribution in [1.29, 1.82) is 0 Å². The summed E-state index contributed by atoms with van der Waals surface area (Å²) in [4.78, 5) is 0. The van der Waals surface area contributed by atoms with Gasteiger partial charge in [-0.15, -0.1) is 6.42 Å². The molecule has 1 aromatic rings. The highest BCUT2D eigenvalue weighted by atomic mass is 15.3. The summed E-state index contributed by atoms with van der Waals surface area (Å²) in [6.45, 7) is 4.78. The first-order valence-electron chi connectivity index (χ1n) is 4.32. The van der Waals surface area contributed by atoms with Crippen LogP contribution in [0.5, 0.6) is 0 Å². The van der Waals surface area contributed by atoms with Gasteiger partial charge >= 0.3 is 0 Å². The predicted octanol–water partition coefficient (Wildman–Crippen LogP) is 0.840. The van der Waals surface area contributed by atoms with Gasteiger partial charge in [-0.3, -0.25) is 10.00 Å². The lowest BCUT2D eigenvalue weighted by molar-refractivity contribution is 0.599. The first-order chi connectivity index (χ1) is 6.15. The third kappa shape index (κ3) is 2.33. The minimum atomic E-state index is 0.106. The average Bonchev–Trinajstić information content (AvgIpc) is 2.43. The Balaban J connectivity index is 2.60. The second-order valence-corrected chi connectivity index (χ2v) is 3.17. The molecule has 0 spiro atoms. The van der Waals surface area contributed by atoms with Gasteiger partial charge in [0.1, 0.15) is 0 Å². The number of rotatable bonds is 3. The highest BCUT2D eigenvalue weighted by Gasteiger charge is 2.04. The van der Waals surface area contributed by atoms with E-state index in [1.54, 1.807) is 0 Å². The van der Waals surface area contributed by atoms with Gasteiger partial charge in [0.15, 0.2) is 0 Å². The van der Waals surface area contributed by atoms with Gasteiger partial charge in [0.05, 0.1) is 17.9 Å². The summed E-state index contributed by atoms with van der Waals surface area (Å²) in [6.07, 6.45) is 7.11. The number of nitrogens with one attached hydrogen (secondary N) is 1. The Kier molecular flexibility index (Phi) is 3.10. The Morgan fingerprint density at radius 1 is 1.77 bits per heavy atom. The highest BCUT2D eigenvalue weighted by molar-refractivity contribution is 5.15. The van der Waals surface area contributed by atoms with Crippen molar-refractivity contribution < 1.29 is 0 Å². The minimum Gasteiger partial charge on any atom is -0.298 e. The summed E-state index contributed by atoms with van der Waals surface area (Å²) in [5.74, 6) is 2.63. The Morgan fingerprint density at radius 3 is 2.92 bits per heavy atom. The fourth-order valence-corrected chi connectivity index (χ4v) is 1.14. The maximum atomic E-state index is 5.25. The van der Waals surface area contributed by atoms with Crippen LogP contribution < -0.4 is 5.32 Å². The van der Waals surface area contributed by atoms with Gasteiger partial charge in [0.2, 0.25) is 0 Å². The molecule has 1 atom stereocenters. The lowest BCUT2D eigenvalue weighted by Gasteiger charge is -2.08. The quantitative estimate of drug-likeness (QED) is 0.693. The molecule has 0 radical (unpaired) electrons. The fraction of sp³-hybridized carbons (Fsp3) is 0.500. The van der Waals surface area contributed by atoms with Crippen molar-refractivity contribution in [3.05, 3.63) is 17.5 Å². The summed E-state index contributed by atoms with van der Waals surface area (Å²) in [5.41, 5.74) is 2.38. The molecule has 0 aliphatic heterocycles. The van der Waals surface area contributed by atoms with Crippen LogP contribution in [0.4, 0.5) is 0 Å². The van der Waals surface area contributed by atoms with E-state index >= 15 is 0 Å². The molecule has 3 nitrogen and oxygen atoms in total. The molecular formula is C10H15N3.